The maximum absolute atomic E-state index is 12.3. The van der Waals surface area contributed by atoms with E-state index in [2.05, 4.69) is 10.3 Å². The van der Waals surface area contributed by atoms with Crippen LogP contribution in [0.25, 0.3) is 10.9 Å². The third-order valence-electron chi connectivity index (χ3n) is 4.08. The lowest BCUT2D eigenvalue weighted by molar-refractivity contribution is -0.127. The Morgan fingerprint density at radius 2 is 2.19 bits per heavy atom. The second-order valence-corrected chi connectivity index (χ2v) is 5.65. The van der Waals surface area contributed by atoms with Crippen molar-refractivity contribution in [1.29, 1.82) is 0 Å². The van der Waals surface area contributed by atoms with Crippen LogP contribution < -0.4 is 5.32 Å². The van der Waals surface area contributed by atoms with Crippen LogP contribution in [0.3, 0.4) is 0 Å². The van der Waals surface area contributed by atoms with E-state index in [0.29, 0.717) is 18.8 Å². The normalized spacial score (nSPS) is 18.2. The average molecular weight is 285 g/mol. The lowest BCUT2D eigenvalue weighted by Gasteiger charge is -2.14. The predicted molar refractivity (Wildman–Crippen MR) is 81.2 cm³/mol. The molecule has 2 aromatic rings. The molecule has 2 amide bonds. The number of carbonyl (C=O) groups excluding carboxylic acids is 2. The Morgan fingerprint density at radius 1 is 1.38 bits per heavy atom. The van der Waals surface area contributed by atoms with Crippen molar-refractivity contribution in [3.05, 3.63) is 35.5 Å². The molecule has 110 valence electrons. The van der Waals surface area contributed by atoms with E-state index in [4.69, 9.17) is 0 Å². The van der Waals surface area contributed by atoms with Gasteiger partial charge in [-0.3, -0.25) is 9.59 Å². The Morgan fingerprint density at radius 3 is 2.86 bits per heavy atom. The molecule has 2 N–H and O–H groups in total. The monoisotopic (exact) mass is 285 g/mol. The van der Waals surface area contributed by atoms with Crippen LogP contribution in [0.5, 0.6) is 0 Å². The van der Waals surface area contributed by atoms with Crippen LogP contribution in [0.4, 0.5) is 0 Å². The standard InChI is InChI=1S/C16H19N3O2/c1-10-4-3-5-12-8-14(18-15(10)12)16(21)17-13-6-7-19(9-13)11(2)20/h3-5,8,13,18H,6-7,9H2,1-2H3,(H,17,21)/t13-/m0/s1. The number of H-pyrrole nitrogens is 1. The number of amides is 2. The Labute approximate surface area is 123 Å². The van der Waals surface area contributed by atoms with Gasteiger partial charge in [0.2, 0.25) is 5.91 Å². The van der Waals surface area contributed by atoms with Crippen LogP contribution in [0, 0.1) is 6.92 Å². The van der Waals surface area contributed by atoms with Crippen LogP contribution in [0.2, 0.25) is 0 Å². The second kappa shape index (κ2) is 5.24. The van der Waals surface area contributed by atoms with E-state index in [1.807, 2.05) is 31.2 Å². The molecule has 1 aliphatic heterocycles. The molecule has 5 heteroatoms. The number of likely N-dealkylation sites (tertiary alicyclic amines) is 1. The average Bonchev–Trinajstić information content (AvgIpc) is 3.05. The highest BCUT2D eigenvalue weighted by Gasteiger charge is 2.26. The van der Waals surface area contributed by atoms with Crippen LogP contribution in [-0.2, 0) is 4.79 Å². The van der Waals surface area contributed by atoms with Crippen LogP contribution in [0.1, 0.15) is 29.4 Å². The van der Waals surface area contributed by atoms with Gasteiger partial charge in [-0.2, -0.15) is 0 Å². The van der Waals surface area contributed by atoms with Crippen molar-refractivity contribution in [1.82, 2.24) is 15.2 Å². The summed E-state index contributed by atoms with van der Waals surface area (Å²) in [6.45, 7) is 4.89. The second-order valence-electron chi connectivity index (χ2n) is 5.65. The van der Waals surface area contributed by atoms with E-state index in [1.165, 1.54) is 0 Å². The maximum Gasteiger partial charge on any atom is 0.268 e. The minimum absolute atomic E-state index is 0.0360. The number of aryl methyl sites for hydroxylation is 1. The number of nitrogens with zero attached hydrogens (tertiary/aromatic N) is 1. The predicted octanol–water partition coefficient (Wildman–Crippen LogP) is 1.83. The molecular formula is C16H19N3O2. The van der Waals surface area contributed by atoms with Crippen molar-refractivity contribution in [2.45, 2.75) is 26.3 Å². The van der Waals surface area contributed by atoms with E-state index in [9.17, 15) is 9.59 Å². The molecule has 5 nitrogen and oxygen atoms in total. The summed E-state index contributed by atoms with van der Waals surface area (Å²) in [5.74, 6) is -0.0472. The molecule has 0 spiro atoms. The molecule has 0 saturated carbocycles. The van der Waals surface area contributed by atoms with Crippen molar-refractivity contribution in [2.24, 2.45) is 0 Å². The largest absolute Gasteiger partial charge is 0.350 e. The van der Waals surface area contributed by atoms with E-state index in [-0.39, 0.29) is 17.9 Å². The molecule has 1 aromatic heterocycles. The Hall–Kier alpha value is -2.30. The van der Waals surface area contributed by atoms with E-state index in [1.54, 1.807) is 11.8 Å². The smallest absolute Gasteiger partial charge is 0.268 e. The summed E-state index contributed by atoms with van der Waals surface area (Å²) in [7, 11) is 0. The number of rotatable bonds is 2. The van der Waals surface area contributed by atoms with Gasteiger partial charge in [0.15, 0.2) is 0 Å². The number of nitrogens with one attached hydrogen (secondary N) is 2. The van der Waals surface area contributed by atoms with Crippen molar-refractivity contribution >= 4 is 22.7 Å². The molecule has 0 unspecified atom stereocenters. The summed E-state index contributed by atoms with van der Waals surface area (Å²) in [5.41, 5.74) is 2.69. The van der Waals surface area contributed by atoms with Crippen LogP contribution >= 0.6 is 0 Å². The minimum atomic E-state index is -0.110. The molecule has 1 fully saturated rings. The van der Waals surface area contributed by atoms with Gasteiger partial charge >= 0.3 is 0 Å². The molecule has 0 aliphatic carbocycles. The summed E-state index contributed by atoms with van der Waals surface area (Å²) >= 11 is 0. The number of fused-ring (bicyclic) bond motifs is 1. The third kappa shape index (κ3) is 2.63. The number of aromatic amines is 1. The summed E-state index contributed by atoms with van der Waals surface area (Å²) in [6, 6.07) is 7.89. The van der Waals surface area contributed by atoms with Gasteiger partial charge in [-0.1, -0.05) is 18.2 Å². The van der Waals surface area contributed by atoms with Gasteiger partial charge in [-0.05, 0) is 25.0 Å². The van der Waals surface area contributed by atoms with Crippen molar-refractivity contribution in [2.75, 3.05) is 13.1 Å². The Kier molecular flexibility index (Phi) is 3.41. The minimum Gasteiger partial charge on any atom is -0.350 e. The molecule has 1 aromatic carbocycles. The fourth-order valence-electron chi connectivity index (χ4n) is 2.86. The van der Waals surface area contributed by atoms with Crippen molar-refractivity contribution in [3.63, 3.8) is 0 Å². The van der Waals surface area contributed by atoms with Crippen molar-refractivity contribution < 1.29 is 9.59 Å². The number of benzene rings is 1. The van der Waals surface area contributed by atoms with Gasteiger partial charge < -0.3 is 15.2 Å². The summed E-state index contributed by atoms with van der Waals surface area (Å²) in [4.78, 5) is 28.6. The zero-order chi connectivity index (χ0) is 15.0. The molecule has 2 heterocycles. The molecule has 1 aliphatic rings. The van der Waals surface area contributed by atoms with E-state index in [0.717, 1.165) is 22.9 Å². The fourth-order valence-corrected chi connectivity index (χ4v) is 2.86. The first-order valence-corrected chi connectivity index (χ1v) is 7.19. The molecule has 0 radical (unpaired) electrons. The number of hydrogen-bond acceptors (Lipinski definition) is 2. The maximum atomic E-state index is 12.3. The molecule has 3 rings (SSSR count). The lowest BCUT2D eigenvalue weighted by atomic mass is 10.2. The first kappa shape index (κ1) is 13.7. The van der Waals surface area contributed by atoms with E-state index < -0.39 is 0 Å². The van der Waals surface area contributed by atoms with Crippen LogP contribution in [0.15, 0.2) is 24.3 Å². The highest BCUT2D eigenvalue weighted by atomic mass is 16.2. The van der Waals surface area contributed by atoms with Gasteiger partial charge in [0.25, 0.3) is 5.91 Å². The number of aromatic nitrogens is 1. The van der Waals surface area contributed by atoms with Gasteiger partial charge in [0.05, 0.1) is 0 Å². The molecule has 1 atom stereocenters. The summed E-state index contributed by atoms with van der Waals surface area (Å²) < 4.78 is 0. The van der Waals surface area contributed by atoms with Crippen LogP contribution in [-0.4, -0.2) is 40.8 Å². The van der Waals surface area contributed by atoms with Gasteiger partial charge in [0, 0.05) is 37.0 Å². The first-order valence-electron chi connectivity index (χ1n) is 7.19. The van der Waals surface area contributed by atoms with Gasteiger partial charge in [0.1, 0.15) is 5.69 Å². The molecule has 1 saturated heterocycles. The number of carbonyl (C=O) groups is 2. The third-order valence-corrected chi connectivity index (χ3v) is 4.08. The highest BCUT2D eigenvalue weighted by molar-refractivity contribution is 5.98. The van der Waals surface area contributed by atoms with Gasteiger partial charge in [-0.15, -0.1) is 0 Å². The molecule has 21 heavy (non-hydrogen) atoms. The first-order chi connectivity index (χ1) is 10.0. The molecular weight excluding hydrogens is 266 g/mol. The number of para-hydroxylation sites is 1. The fraction of sp³-hybridized carbons (Fsp3) is 0.375. The SMILES string of the molecule is CC(=O)N1CC[C@H](NC(=O)c2cc3cccc(C)c3[nH]2)C1. The van der Waals surface area contributed by atoms with Gasteiger partial charge in [-0.25, -0.2) is 0 Å². The summed E-state index contributed by atoms with van der Waals surface area (Å²) in [5, 5.41) is 4.04. The van der Waals surface area contributed by atoms with Crippen molar-refractivity contribution in [3.8, 4) is 0 Å². The highest BCUT2D eigenvalue weighted by Crippen LogP contribution is 2.19. The summed E-state index contributed by atoms with van der Waals surface area (Å²) in [6.07, 6.45) is 0.810. The molecule has 0 bridgehead atoms. The number of hydrogen-bond donors (Lipinski definition) is 2. The Bertz CT molecular complexity index is 705. The lowest BCUT2D eigenvalue weighted by Crippen LogP contribution is -2.38. The van der Waals surface area contributed by atoms with E-state index >= 15 is 0 Å². The zero-order valence-electron chi connectivity index (χ0n) is 12.3. The Balaban J connectivity index is 1.73. The topological polar surface area (TPSA) is 65.2 Å². The zero-order valence-corrected chi connectivity index (χ0v) is 12.3. The quantitative estimate of drug-likeness (QED) is 0.884.